The topological polar surface area (TPSA) is 80.5 Å². The first kappa shape index (κ1) is 17.1. The van der Waals surface area contributed by atoms with Crippen LogP contribution in [0.5, 0.6) is 0 Å². The monoisotopic (exact) mass is 349 g/mol. The van der Waals surface area contributed by atoms with Crippen molar-refractivity contribution in [3.05, 3.63) is 23.9 Å². The van der Waals surface area contributed by atoms with E-state index in [0.29, 0.717) is 50.6 Å². The van der Waals surface area contributed by atoms with Crippen LogP contribution in [0.1, 0.15) is 31.2 Å². The molecule has 0 amide bonds. The summed E-state index contributed by atoms with van der Waals surface area (Å²) in [5.41, 5.74) is 0.529. The van der Waals surface area contributed by atoms with Gasteiger partial charge in [0.2, 0.25) is 0 Å². The van der Waals surface area contributed by atoms with Crippen molar-refractivity contribution >= 4 is 16.0 Å². The Bertz CT molecular complexity index is 699. The summed E-state index contributed by atoms with van der Waals surface area (Å²) in [7, 11) is -3.38. The molecule has 0 spiro atoms. The molecule has 2 aliphatic rings. The summed E-state index contributed by atoms with van der Waals surface area (Å²) in [4.78, 5) is 6.28. The zero-order valence-corrected chi connectivity index (χ0v) is 14.6. The quantitative estimate of drug-likeness (QED) is 0.819. The van der Waals surface area contributed by atoms with Gasteiger partial charge in [0.25, 0.3) is 10.2 Å². The molecule has 0 aliphatic carbocycles. The standard InChI is InChI=1S/C16H23N5O2S/c17-14-15-6-5-7-18-16(15)19-10-12-21(13-11-19)24(22,23)20-8-3-1-2-4-9-20/h5-7H,1-4,8-13H2. The molecular formula is C16H23N5O2S. The summed E-state index contributed by atoms with van der Waals surface area (Å²) in [6, 6.07) is 5.63. The average molecular weight is 349 g/mol. The highest BCUT2D eigenvalue weighted by Crippen LogP contribution is 2.21. The molecule has 7 nitrogen and oxygen atoms in total. The van der Waals surface area contributed by atoms with E-state index in [-0.39, 0.29) is 0 Å². The molecule has 2 aliphatic heterocycles. The van der Waals surface area contributed by atoms with Crippen LogP contribution in [0, 0.1) is 11.3 Å². The van der Waals surface area contributed by atoms with Crippen molar-refractivity contribution in [1.29, 1.82) is 5.26 Å². The second kappa shape index (κ2) is 7.47. The molecule has 2 saturated heterocycles. The highest BCUT2D eigenvalue weighted by molar-refractivity contribution is 7.86. The Morgan fingerprint density at radius 1 is 0.958 bits per heavy atom. The van der Waals surface area contributed by atoms with Gasteiger partial charge in [0.15, 0.2) is 0 Å². The van der Waals surface area contributed by atoms with E-state index in [4.69, 9.17) is 0 Å². The highest BCUT2D eigenvalue weighted by Gasteiger charge is 2.33. The molecule has 0 atom stereocenters. The van der Waals surface area contributed by atoms with Crippen molar-refractivity contribution in [1.82, 2.24) is 13.6 Å². The second-order valence-corrected chi connectivity index (χ2v) is 8.12. The molecule has 1 aromatic heterocycles. The molecule has 0 radical (unpaired) electrons. The van der Waals surface area contributed by atoms with Crippen LogP contribution >= 0.6 is 0 Å². The predicted molar refractivity (Wildman–Crippen MR) is 91.7 cm³/mol. The van der Waals surface area contributed by atoms with E-state index in [1.165, 1.54) is 0 Å². The number of piperazine rings is 1. The molecule has 0 aromatic carbocycles. The van der Waals surface area contributed by atoms with Gasteiger partial charge >= 0.3 is 0 Å². The van der Waals surface area contributed by atoms with Gasteiger partial charge in [-0.2, -0.15) is 22.3 Å². The van der Waals surface area contributed by atoms with Crippen LogP contribution in [0.2, 0.25) is 0 Å². The normalized spacial score (nSPS) is 21.2. The molecule has 8 heteroatoms. The minimum atomic E-state index is -3.38. The molecule has 1 aromatic rings. The molecular weight excluding hydrogens is 326 g/mol. The van der Waals surface area contributed by atoms with Crippen molar-refractivity contribution in [2.75, 3.05) is 44.2 Å². The Labute approximate surface area is 143 Å². The number of hydrogen-bond donors (Lipinski definition) is 0. The van der Waals surface area contributed by atoms with Gasteiger partial charge < -0.3 is 4.90 Å². The fourth-order valence-corrected chi connectivity index (χ4v) is 4.97. The minimum absolute atomic E-state index is 0.431. The van der Waals surface area contributed by atoms with E-state index in [2.05, 4.69) is 11.1 Å². The van der Waals surface area contributed by atoms with Crippen molar-refractivity contribution in [3.63, 3.8) is 0 Å². The number of anilines is 1. The molecule has 130 valence electrons. The Hall–Kier alpha value is -1.69. The van der Waals surface area contributed by atoms with Crippen molar-refractivity contribution < 1.29 is 8.42 Å². The average Bonchev–Trinajstić information content (AvgIpc) is 2.92. The molecule has 0 bridgehead atoms. The molecule has 2 fully saturated rings. The summed E-state index contributed by atoms with van der Waals surface area (Å²) in [6.07, 6.45) is 5.76. The van der Waals surface area contributed by atoms with Crippen LogP contribution in [0.15, 0.2) is 18.3 Å². The number of rotatable bonds is 3. The first-order chi connectivity index (χ1) is 11.6. The summed E-state index contributed by atoms with van der Waals surface area (Å²) < 4.78 is 28.9. The van der Waals surface area contributed by atoms with Gasteiger partial charge in [0.05, 0.1) is 5.56 Å². The maximum absolute atomic E-state index is 12.8. The lowest BCUT2D eigenvalue weighted by molar-refractivity contribution is 0.327. The summed E-state index contributed by atoms with van der Waals surface area (Å²) >= 11 is 0. The molecule has 24 heavy (non-hydrogen) atoms. The minimum Gasteiger partial charge on any atom is -0.353 e. The Morgan fingerprint density at radius 2 is 1.58 bits per heavy atom. The number of hydrogen-bond acceptors (Lipinski definition) is 5. The molecule has 3 heterocycles. The van der Waals surface area contributed by atoms with Gasteiger partial charge in [-0.3, -0.25) is 0 Å². The van der Waals surface area contributed by atoms with Gasteiger partial charge in [-0.15, -0.1) is 0 Å². The van der Waals surface area contributed by atoms with Crippen LogP contribution in [-0.2, 0) is 10.2 Å². The fraction of sp³-hybridized carbons (Fsp3) is 0.625. The van der Waals surface area contributed by atoms with Crippen molar-refractivity contribution in [2.24, 2.45) is 0 Å². The second-order valence-electron chi connectivity index (χ2n) is 6.19. The third-order valence-electron chi connectivity index (χ3n) is 4.66. The van der Waals surface area contributed by atoms with E-state index < -0.39 is 10.2 Å². The maximum Gasteiger partial charge on any atom is 0.282 e. The van der Waals surface area contributed by atoms with Gasteiger partial charge in [-0.25, -0.2) is 4.98 Å². The van der Waals surface area contributed by atoms with Crippen LogP contribution < -0.4 is 4.90 Å². The molecule has 3 rings (SSSR count). The number of nitrogens with zero attached hydrogens (tertiary/aromatic N) is 5. The van der Waals surface area contributed by atoms with E-state index in [9.17, 15) is 13.7 Å². The summed E-state index contributed by atoms with van der Waals surface area (Å²) in [5.74, 6) is 0.645. The van der Waals surface area contributed by atoms with Crippen molar-refractivity contribution in [2.45, 2.75) is 25.7 Å². The molecule has 0 N–H and O–H groups in total. The zero-order chi connectivity index (χ0) is 17.0. The highest BCUT2D eigenvalue weighted by atomic mass is 32.2. The van der Waals surface area contributed by atoms with Gasteiger partial charge in [0.1, 0.15) is 11.9 Å². The molecule has 0 unspecified atom stereocenters. The van der Waals surface area contributed by atoms with Crippen LogP contribution in [0.3, 0.4) is 0 Å². The van der Waals surface area contributed by atoms with Gasteiger partial charge in [-0.1, -0.05) is 12.8 Å². The number of pyridine rings is 1. The van der Waals surface area contributed by atoms with Gasteiger partial charge in [-0.05, 0) is 25.0 Å². The van der Waals surface area contributed by atoms with E-state index in [1.54, 1.807) is 26.9 Å². The lowest BCUT2D eigenvalue weighted by Gasteiger charge is -2.37. The molecule has 0 saturated carbocycles. The van der Waals surface area contributed by atoms with Crippen molar-refractivity contribution in [3.8, 4) is 6.07 Å². The number of nitriles is 1. The first-order valence-electron chi connectivity index (χ1n) is 8.48. The van der Waals surface area contributed by atoms with Crippen LogP contribution in [-0.4, -0.2) is 61.3 Å². The van der Waals surface area contributed by atoms with Crippen LogP contribution in [0.4, 0.5) is 5.82 Å². The Balaban J connectivity index is 1.67. The Morgan fingerprint density at radius 3 is 2.21 bits per heavy atom. The lowest BCUT2D eigenvalue weighted by Crippen LogP contribution is -2.53. The largest absolute Gasteiger partial charge is 0.353 e. The lowest BCUT2D eigenvalue weighted by atomic mass is 10.2. The predicted octanol–water partition coefficient (Wildman–Crippen LogP) is 1.20. The van der Waals surface area contributed by atoms with E-state index in [0.717, 1.165) is 25.7 Å². The Kier molecular flexibility index (Phi) is 5.33. The number of aromatic nitrogens is 1. The van der Waals surface area contributed by atoms with E-state index >= 15 is 0 Å². The summed E-state index contributed by atoms with van der Waals surface area (Å²) in [6.45, 7) is 3.22. The fourth-order valence-electron chi connectivity index (χ4n) is 3.30. The SMILES string of the molecule is N#Cc1cccnc1N1CCN(S(=O)(=O)N2CCCCCC2)CC1. The first-order valence-corrected chi connectivity index (χ1v) is 9.88. The third kappa shape index (κ3) is 3.53. The zero-order valence-electron chi connectivity index (χ0n) is 13.8. The smallest absolute Gasteiger partial charge is 0.282 e. The third-order valence-corrected chi connectivity index (χ3v) is 6.70. The van der Waals surface area contributed by atoms with E-state index in [1.807, 2.05) is 4.90 Å². The summed E-state index contributed by atoms with van der Waals surface area (Å²) in [5, 5.41) is 9.20. The van der Waals surface area contributed by atoms with Gasteiger partial charge in [0, 0.05) is 45.5 Å². The van der Waals surface area contributed by atoms with Crippen LogP contribution in [0.25, 0.3) is 0 Å². The maximum atomic E-state index is 12.8.